The number of carbonyl (C=O) groups excluding carboxylic acids is 1. The van der Waals surface area contributed by atoms with Gasteiger partial charge in [-0.2, -0.15) is 9.61 Å². The number of Topliss-reactive ketones (excluding diaryl/α,β-unsaturated/α-hetero) is 1. The third kappa shape index (κ3) is 5.51. The van der Waals surface area contributed by atoms with E-state index in [4.69, 9.17) is 30.5 Å². The fourth-order valence-electron chi connectivity index (χ4n) is 4.98. The molecule has 1 saturated carbocycles. The number of ketones is 1. The maximum atomic E-state index is 13.8. The van der Waals surface area contributed by atoms with Gasteiger partial charge in [0.2, 0.25) is 0 Å². The number of hydrogen-bond acceptors (Lipinski definition) is 7. The number of carboxylic acid groups (broad SMARTS) is 2. The van der Waals surface area contributed by atoms with E-state index in [0.29, 0.717) is 33.8 Å². The molecule has 0 spiro atoms. The van der Waals surface area contributed by atoms with Crippen LogP contribution in [-0.4, -0.2) is 55.5 Å². The molecule has 0 saturated heterocycles. The summed E-state index contributed by atoms with van der Waals surface area (Å²) < 4.78 is 20.6. The molecule has 0 radical (unpaired) electrons. The number of ether oxygens (including phenoxy) is 1. The van der Waals surface area contributed by atoms with E-state index in [0.717, 1.165) is 49.1 Å². The molecule has 1 aliphatic carbocycles. The van der Waals surface area contributed by atoms with Gasteiger partial charge in [-0.3, -0.25) is 9.78 Å². The smallest absolute Gasteiger partial charge is 0.450 e. The van der Waals surface area contributed by atoms with Crippen molar-refractivity contribution in [3.8, 4) is 11.1 Å². The zero-order valence-corrected chi connectivity index (χ0v) is 20.5. The Labute approximate surface area is 211 Å². The van der Waals surface area contributed by atoms with Gasteiger partial charge >= 0.3 is 6.16 Å². The standard InChI is InChI=1S/C25H26FN5O2.CH2O3/c1-14(32)22-23(16-5-3-15(4-6-16)13-33-2)30-25-20(12-29-31(25)24(22)27)18-9-17-10-19(26)7-8-21(17)28-11-18;2-1(3)4/h7-12,15-16H,3-6,13,27H2,1-2H3;(H2,2,3,4)/t15-,16-;. The molecule has 10 nitrogen and oxygen atoms in total. The summed E-state index contributed by atoms with van der Waals surface area (Å²) in [4.78, 5) is 30.5. The minimum atomic E-state index is -1.83. The lowest BCUT2D eigenvalue weighted by atomic mass is 9.79. The molecule has 194 valence electrons. The lowest BCUT2D eigenvalue weighted by Crippen LogP contribution is -2.21. The van der Waals surface area contributed by atoms with Gasteiger partial charge in [-0.15, -0.1) is 0 Å². The van der Waals surface area contributed by atoms with E-state index in [9.17, 15) is 9.18 Å². The number of hydrogen-bond donors (Lipinski definition) is 3. The first-order valence-corrected chi connectivity index (χ1v) is 11.8. The Morgan fingerprint density at radius 1 is 1.16 bits per heavy atom. The van der Waals surface area contributed by atoms with E-state index in [1.54, 1.807) is 25.6 Å². The molecule has 1 aliphatic rings. The van der Waals surface area contributed by atoms with E-state index in [1.807, 2.05) is 6.07 Å². The molecule has 0 bridgehead atoms. The van der Waals surface area contributed by atoms with Crippen LogP contribution in [0.15, 0.2) is 36.7 Å². The van der Waals surface area contributed by atoms with Crippen molar-refractivity contribution in [1.29, 1.82) is 0 Å². The predicted molar refractivity (Wildman–Crippen MR) is 135 cm³/mol. The summed E-state index contributed by atoms with van der Waals surface area (Å²) in [6.45, 7) is 2.27. The Hall–Kier alpha value is -4.12. The number of methoxy groups -OCH3 is 1. The number of pyridine rings is 1. The number of nitrogen functional groups attached to an aromatic ring is 1. The summed E-state index contributed by atoms with van der Waals surface area (Å²) in [5.74, 6) is 0.545. The third-order valence-corrected chi connectivity index (χ3v) is 6.65. The van der Waals surface area contributed by atoms with Crippen molar-refractivity contribution < 1.29 is 28.9 Å². The van der Waals surface area contributed by atoms with Gasteiger partial charge in [0, 0.05) is 42.3 Å². The Bertz CT molecular complexity index is 1460. The van der Waals surface area contributed by atoms with Crippen LogP contribution in [-0.2, 0) is 4.74 Å². The Morgan fingerprint density at radius 3 is 2.51 bits per heavy atom. The lowest BCUT2D eigenvalue weighted by Gasteiger charge is -2.29. The highest BCUT2D eigenvalue weighted by molar-refractivity contribution is 6.00. The van der Waals surface area contributed by atoms with Gasteiger partial charge in [0.15, 0.2) is 11.4 Å². The second-order valence-electron chi connectivity index (χ2n) is 9.12. The zero-order valence-electron chi connectivity index (χ0n) is 20.5. The molecular weight excluding hydrogens is 481 g/mol. The van der Waals surface area contributed by atoms with Crippen LogP contribution in [0.2, 0.25) is 0 Å². The van der Waals surface area contributed by atoms with E-state index < -0.39 is 6.16 Å². The Morgan fingerprint density at radius 2 is 1.86 bits per heavy atom. The second kappa shape index (κ2) is 10.9. The van der Waals surface area contributed by atoms with Crippen molar-refractivity contribution in [3.05, 3.63) is 53.7 Å². The topological polar surface area (TPSA) is 153 Å². The number of rotatable bonds is 5. The number of aromatic nitrogens is 4. The predicted octanol–water partition coefficient (Wildman–Crippen LogP) is 5.01. The molecule has 11 heteroatoms. The summed E-state index contributed by atoms with van der Waals surface area (Å²) >= 11 is 0. The molecular formula is C26H28FN5O5. The first-order valence-electron chi connectivity index (χ1n) is 11.8. The van der Waals surface area contributed by atoms with Crippen LogP contribution in [0.4, 0.5) is 15.0 Å². The molecule has 0 atom stereocenters. The maximum Gasteiger partial charge on any atom is 0.503 e. The highest BCUT2D eigenvalue weighted by Gasteiger charge is 2.29. The van der Waals surface area contributed by atoms with Crippen LogP contribution in [0.3, 0.4) is 0 Å². The Balaban J connectivity index is 0.000000747. The number of anilines is 1. The molecule has 3 heterocycles. The highest BCUT2D eigenvalue weighted by atomic mass is 19.1. The van der Waals surface area contributed by atoms with E-state index in [2.05, 4.69) is 10.1 Å². The second-order valence-corrected chi connectivity index (χ2v) is 9.12. The number of nitrogens with zero attached hydrogens (tertiary/aromatic N) is 4. The minimum absolute atomic E-state index is 0.115. The summed E-state index contributed by atoms with van der Waals surface area (Å²) in [6.07, 6.45) is 5.46. The summed E-state index contributed by atoms with van der Waals surface area (Å²) in [5.41, 5.74) is 10.4. The zero-order chi connectivity index (χ0) is 26.7. The average molecular weight is 510 g/mol. The third-order valence-electron chi connectivity index (χ3n) is 6.65. The molecule has 4 N–H and O–H groups in total. The van der Waals surface area contributed by atoms with Crippen LogP contribution in [0.25, 0.3) is 27.7 Å². The molecule has 37 heavy (non-hydrogen) atoms. The SMILES string of the molecule is COC[C@H]1CC[C@H](c2nc3c(-c4cnc5ccc(F)cc5c4)cnn3c(N)c2C(C)=O)CC1.O=C(O)O. The first-order chi connectivity index (χ1) is 17.7. The first kappa shape index (κ1) is 26.0. The van der Waals surface area contributed by atoms with Gasteiger partial charge in [-0.25, -0.2) is 14.2 Å². The number of fused-ring (bicyclic) bond motifs is 2. The van der Waals surface area contributed by atoms with Gasteiger partial charge in [0.05, 0.1) is 23.0 Å². The average Bonchev–Trinajstić information content (AvgIpc) is 3.28. The van der Waals surface area contributed by atoms with E-state index >= 15 is 0 Å². The molecule has 3 aromatic heterocycles. The van der Waals surface area contributed by atoms with Crippen LogP contribution >= 0.6 is 0 Å². The van der Waals surface area contributed by atoms with Gasteiger partial charge < -0.3 is 20.7 Å². The fraction of sp³-hybridized carbons (Fsp3) is 0.346. The van der Waals surface area contributed by atoms with Crippen LogP contribution in [0.1, 0.15) is 54.6 Å². The monoisotopic (exact) mass is 509 g/mol. The highest BCUT2D eigenvalue weighted by Crippen LogP contribution is 2.39. The number of carbonyl (C=O) groups is 2. The summed E-state index contributed by atoms with van der Waals surface area (Å²) in [7, 11) is 1.73. The van der Waals surface area contributed by atoms with Crippen molar-refractivity contribution >= 4 is 34.3 Å². The quantitative estimate of drug-likeness (QED) is 0.315. The summed E-state index contributed by atoms with van der Waals surface area (Å²) in [6, 6.07) is 6.37. The van der Waals surface area contributed by atoms with Crippen molar-refractivity contribution in [2.45, 2.75) is 38.5 Å². The molecule has 0 amide bonds. The molecule has 5 rings (SSSR count). The van der Waals surface area contributed by atoms with E-state index in [1.165, 1.54) is 23.6 Å². The van der Waals surface area contributed by atoms with Crippen molar-refractivity contribution in [2.24, 2.45) is 5.92 Å². The minimum Gasteiger partial charge on any atom is -0.450 e. The Kier molecular flexibility index (Phi) is 7.63. The van der Waals surface area contributed by atoms with Crippen molar-refractivity contribution in [1.82, 2.24) is 19.6 Å². The van der Waals surface area contributed by atoms with Crippen molar-refractivity contribution in [2.75, 3.05) is 19.5 Å². The molecule has 0 aliphatic heterocycles. The number of nitrogens with two attached hydrogens (primary N) is 1. The van der Waals surface area contributed by atoms with Crippen LogP contribution in [0, 0.1) is 11.7 Å². The van der Waals surface area contributed by atoms with Crippen LogP contribution in [0.5, 0.6) is 0 Å². The normalized spacial score (nSPS) is 17.4. The fourth-order valence-corrected chi connectivity index (χ4v) is 4.98. The lowest BCUT2D eigenvalue weighted by molar-refractivity contribution is 0.101. The molecule has 0 unspecified atom stereocenters. The number of halogens is 1. The molecule has 1 fully saturated rings. The van der Waals surface area contributed by atoms with Gasteiger partial charge in [0.1, 0.15) is 11.6 Å². The maximum absolute atomic E-state index is 13.8. The van der Waals surface area contributed by atoms with E-state index in [-0.39, 0.29) is 17.5 Å². The van der Waals surface area contributed by atoms with Gasteiger partial charge in [0.25, 0.3) is 0 Å². The molecule has 1 aromatic carbocycles. The van der Waals surface area contributed by atoms with Gasteiger partial charge in [-0.1, -0.05) is 0 Å². The van der Waals surface area contributed by atoms with Crippen molar-refractivity contribution in [3.63, 3.8) is 0 Å². The van der Waals surface area contributed by atoms with Gasteiger partial charge in [-0.05, 0) is 62.8 Å². The summed E-state index contributed by atoms with van der Waals surface area (Å²) in [5, 5.41) is 19.1. The molecule has 4 aromatic rings. The van der Waals surface area contributed by atoms with Crippen LogP contribution < -0.4 is 5.73 Å². The largest absolute Gasteiger partial charge is 0.503 e. The number of benzene rings is 1.